The maximum Gasteiger partial charge on any atom is 0.270 e. The molecule has 0 aliphatic carbocycles. The molecule has 7 heteroatoms. The smallest absolute Gasteiger partial charge is 0.270 e. The molecule has 2 aromatic rings. The summed E-state index contributed by atoms with van der Waals surface area (Å²) in [6.07, 6.45) is 1.67. The first kappa shape index (κ1) is 13.7. The van der Waals surface area contributed by atoms with Gasteiger partial charge in [-0.3, -0.25) is 10.1 Å². The third kappa shape index (κ3) is 3.62. The van der Waals surface area contributed by atoms with Gasteiger partial charge in [-0.25, -0.2) is 4.98 Å². The molecular formula is C12H12BrN3O3. The topological polar surface area (TPSA) is 81.2 Å². The summed E-state index contributed by atoms with van der Waals surface area (Å²) in [6, 6.07) is 4.69. The Hall–Kier alpha value is -1.73. The minimum absolute atomic E-state index is 0.0685. The van der Waals surface area contributed by atoms with Gasteiger partial charge in [0.1, 0.15) is 5.76 Å². The first-order valence-corrected chi connectivity index (χ1v) is 6.40. The SMILES string of the molecule is Cc1cnc(CNCc2ccc([N+](=O)[O-])cc2Br)o1. The van der Waals surface area contributed by atoms with Gasteiger partial charge >= 0.3 is 0 Å². The maximum atomic E-state index is 10.6. The number of halogens is 1. The monoisotopic (exact) mass is 325 g/mol. The lowest BCUT2D eigenvalue weighted by molar-refractivity contribution is -0.384. The van der Waals surface area contributed by atoms with Crippen molar-refractivity contribution in [2.24, 2.45) is 0 Å². The summed E-state index contributed by atoms with van der Waals surface area (Å²) in [6.45, 7) is 2.92. The lowest BCUT2D eigenvalue weighted by Crippen LogP contribution is -2.13. The summed E-state index contributed by atoms with van der Waals surface area (Å²) in [5.41, 5.74) is 1.01. The molecule has 0 fully saturated rings. The largest absolute Gasteiger partial charge is 0.445 e. The van der Waals surface area contributed by atoms with Gasteiger partial charge in [0, 0.05) is 23.2 Å². The van der Waals surface area contributed by atoms with Crippen LogP contribution in [0.3, 0.4) is 0 Å². The van der Waals surface area contributed by atoms with E-state index in [4.69, 9.17) is 4.42 Å². The second-order valence-electron chi connectivity index (χ2n) is 4.00. The molecule has 0 atom stereocenters. The van der Waals surface area contributed by atoms with Crippen LogP contribution in [0.5, 0.6) is 0 Å². The fraction of sp³-hybridized carbons (Fsp3) is 0.250. The number of oxazole rings is 1. The predicted octanol–water partition coefficient (Wildman–Crippen LogP) is 2.94. The highest BCUT2D eigenvalue weighted by Crippen LogP contribution is 2.22. The molecule has 1 heterocycles. The van der Waals surface area contributed by atoms with Crippen molar-refractivity contribution in [1.29, 1.82) is 0 Å². The van der Waals surface area contributed by atoms with Crippen molar-refractivity contribution in [2.75, 3.05) is 0 Å². The second-order valence-corrected chi connectivity index (χ2v) is 4.86. The zero-order valence-corrected chi connectivity index (χ0v) is 11.8. The van der Waals surface area contributed by atoms with Crippen molar-refractivity contribution in [3.8, 4) is 0 Å². The molecule has 100 valence electrons. The van der Waals surface area contributed by atoms with Gasteiger partial charge in [-0.15, -0.1) is 0 Å². The standard InChI is InChI=1S/C12H12BrN3O3/c1-8-5-15-12(19-8)7-14-6-9-2-3-10(16(17)18)4-11(9)13/h2-5,14H,6-7H2,1H3. The molecule has 0 radical (unpaired) electrons. The Morgan fingerprint density at radius 1 is 1.47 bits per heavy atom. The number of non-ortho nitro benzene ring substituents is 1. The average Bonchev–Trinajstić information content (AvgIpc) is 2.77. The second kappa shape index (κ2) is 5.94. The van der Waals surface area contributed by atoms with Gasteiger partial charge in [0.15, 0.2) is 0 Å². The highest BCUT2D eigenvalue weighted by atomic mass is 79.9. The van der Waals surface area contributed by atoms with Crippen LogP contribution in [0.1, 0.15) is 17.2 Å². The molecule has 0 spiro atoms. The third-order valence-corrected chi connectivity index (χ3v) is 3.25. The van der Waals surface area contributed by atoms with E-state index in [0.29, 0.717) is 23.5 Å². The van der Waals surface area contributed by atoms with Crippen LogP contribution in [0.25, 0.3) is 0 Å². The molecule has 0 unspecified atom stereocenters. The highest BCUT2D eigenvalue weighted by Gasteiger charge is 2.09. The minimum atomic E-state index is -0.419. The van der Waals surface area contributed by atoms with E-state index in [1.165, 1.54) is 12.1 Å². The number of nitrogens with one attached hydrogen (secondary N) is 1. The molecule has 0 bridgehead atoms. The van der Waals surface area contributed by atoms with E-state index in [1.54, 1.807) is 12.3 Å². The maximum absolute atomic E-state index is 10.6. The van der Waals surface area contributed by atoms with Gasteiger partial charge in [-0.1, -0.05) is 15.9 Å². The Kier molecular flexibility index (Phi) is 4.28. The molecule has 0 aliphatic heterocycles. The van der Waals surface area contributed by atoms with Gasteiger partial charge in [-0.2, -0.15) is 0 Å². The van der Waals surface area contributed by atoms with Crippen LogP contribution in [-0.2, 0) is 13.1 Å². The van der Waals surface area contributed by atoms with Gasteiger partial charge in [0.2, 0.25) is 5.89 Å². The van der Waals surface area contributed by atoms with Gasteiger partial charge < -0.3 is 9.73 Å². The van der Waals surface area contributed by atoms with Crippen molar-refractivity contribution in [3.05, 3.63) is 56.2 Å². The normalized spacial score (nSPS) is 10.6. The van der Waals surface area contributed by atoms with Crippen molar-refractivity contribution in [3.63, 3.8) is 0 Å². The summed E-state index contributed by atoms with van der Waals surface area (Å²) < 4.78 is 6.03. The molecule has 1 N–H and O–H groups in total. The van der Waals surface area contributed by atoms with Gasteiger partial charge in [0.25, 0.3) is 5.69 Å². The lowest BCUT2D eigenvalue weighted by atomic mass is 10.2. The van der Waals surface area contributed by atoms with Crippen molar-refractivity contribution >= 4 is 21.6 Å². The summed E-state index contributed by atoms with van der Waals surface area (Å²) in [5.74, 6) is 1.39. The molecular weight excluding hydrogens is 314 g/mol. The number of hydrogen-bond acceptors (Lipinski definition) is 5. The number of rotatable bonds is 5. The number of nitro benzene ring substituents is 1. The molecule has 0 saturated carbocycles. The Balaban J connectivity index is 1.94. The average molecular weight is 326 g/mol. The number of hydrogen-bond donors (Lipinski definition) is 1. The summed E-state index contributed by atoms with van der Waals surface area (Å²) in [5, 5.41) is 13.8. The molecule has 0 amide bonds. The van der Waals surface area contributed by atoms with E-state index in [0.717, 1.165) is 11.3 Å². The predicted molar refractivity (Wildman–Crippen MR) is 72.6 cm³/mol. The lowest BCUT2D eigenvalue weighted by Gasteiger charge is -2.05. The summed E-state index contributed by atoms with van der Waals surface area (Å²) in [4.78, 5) is 14.3. The Morgan fingerprint density at radius 2 is 2.26 bits per heavy atom. The van der Waals surface area contributed by atoms with E-state index < -0.39 is 4.92 Å². The number of aryl methyl sites for hydroxylation is 1. The van der Waals surface area contributed by atoms with Crippen LogP contribution in [-0.4, -0.2) is 9.91 Å². The van der Waals surface area contributed by atoms with Gasteiger partial charge in [-0.05, 0) is 18.6 Å². The quantitative estimate of drug-likeness (QED) is 0.675. The summed E-state index contributed by atoms with van der Waals surface area (Å²) in [7, 11) is 0. The third-order valence-electron chi connectivity index (χ3n) is 2.51. The first-order valence-electron chi connectivity index (χ1n) is 5.61. The van der Waals surface area contributed by atoms with Crippen LogP contribution >= 0.6 is 15.9 Å². The fourth-order valence-corrected chi connectivity index (χ4v) is 2.09. The Morgan fingerprint density at radius 3 is 2.84 bits per heavy atom. The number of aromatic nitrogens is 1. The number of nitro groups is 1. The van der Waals surface area contributed by atoms with Crippen LogP contribution in [0.15, 0.2) is 33.3 Å². The Bertz CT molecular complexity index is 598. The number of nitrogens with zero attached hydrogens (tertiary/aromatic N) is 2. The molecule has 0 aliphatic rings. The molecule has 2 rings (SSSR count). The van der Waals surface area contributed by atoms with E-state index >= 15 is 0 Å². The molecule has 6 nitrogen and oxygen atoms in total. The molecule has 1 aromatic carbocycles. The Labute approximate surface area is 118 Å². The van der Waals surface area contributed by atoms with Crippen LogP contribution in [0, 0.1) is 17.0 Å². The molecule has 0 saturated heterocycles. The van der Waals surface area contributed by atoms with Crippen LogP contribution in [0.2, 0.25) is 0 Å². The van der Waals surface area contributed by atoms with E-state index in [2.05, 4.69) is 26.2 Å². The highest BCUT2D eigenvalue weighted by molar-refractivity contribution is 9.10. The molecule has 19 heavy (non-hydrogen) atoms. The van der Waals surface area contributed by atoms with Crippen molar-refractivity contribution in [2.45, 2.75) is 20.0 Å². The zero-order chi connectivity index (χ0) is 13.8. The van der Waals surface area contributed by atoms with Gasteiger partial charge in [0.05, 0.1) is 17.7 Å². The van der Waals surface area contributed by atoms with E-state index in [-0.39, 0.29) is 5.69 Å². The first-order chi connectivity index (χ1) is 9.06. The number of benzene rings is 1. The van der Waals surface area contributed by atoms with Crippen LogP contribution < -0.4 is 5.32 Å². The minimum Gasteiger partial charge on any atom is -0.445 e. The van der Waals surface area contributed by atoms with E-state index in [1.807, 2.05) is 6.92 Å². The molecule has 1 aromatic heterocycles. The van der Waals surface area contributed by atoms with Crippen LogP contribution in [0.4, 0.5) is 5.69 Å². The van der Waals surface area contributed by atoms with E-state index in [9.17, 15) is 10.1 Å². The fourth-order valence-electron chi connectivity index (χ4n) is 1.58. The zero-order valence-electron chi connectivity index (χ0n) is 10.2. The summed E-state index contributed by atoms with van der Waals surface area (Å²) >= 11 is 3.32. The van der Waals surface area contributed by atoms with Crippen molar-refractivity contribution < 1.29 is 9.34 Å². The van der Waals surface area contributed by atoms with Crippen molar-refractivity contribution in [1.82, 2.24) is 10.3 Å².